The molecule has 0 aliphatic heterocycles. The number of carboxylic acid groups (broad SMARTS) is 1. The average Bonchev–Trinajstić information content (AvgIpc) is 2.01. The number of carboxylic acids is 1. The van der Waals surface area contributed by atoms with Gasteiger partial charge < -0.3 is 10.8 Å². The third-order valence-corrected chi connectivity index (χ3v) is 2.37. The molecule has 0 saturated carbocycles. The van der Waals surface area contributed by atoms with E-state index < -0.39 is 22.1 Å². The molecule has 0 heterocycles. The zero-order valence-corrected chi connectivity index (χ0v) is 8.40. The van der Waals surface area contributed by atoms with Crippen LogP contribution in [0.15, 0.2) is 0 Å². The molecular weight excluding hydrogens is 210 g/mol. The van der Waals surface area contributed by atoms with Gasteiger partial charge in [0.05, 0.1) is 5.75 Å². The van der Waals surface area contributed by atoms with E-state index in [0.717, 1.165) is 0 Å². The first kappa shape index (κ1) is 13.3. The van der Waals surface area contributed by atoms with E-state index in [1.165, 1.54) is 6.42 Å². The van der Waals surface area contributed by atoms with Gasteiger partial charge in [0.25, 0.3) is 10.1 Å². The summed E-state index contributed by atoms with van der Waals surface area (Å²) in [7, 11) is -3.90. The Hall–Kier alpha value is -0.660. The van der Waals surface area contributed by atoms with Crippen molar-refractivity contribution in [2.24, 2.45) is 5.73 Å². The molecular formula is C7H14NO5S. The van der Waals surface area contributed by atoms with E-state index in [0.29, 0.717) is 19.3 Å². The second-order valence-electron chi connectivity index (χ2n) is 2.88. The Morgan fingerprint density at radius 2 is 2.00 bits per heavy atom. The standard InChI is InChI=1S/C7H14NO5S/c8-6(7(9)10)4-2-1-3-5-14(11,12)13/h4,6H,1-3,5,8H2,(H,9,10)(H,11,12,13). The SMILES string of the molecule is NC([CH]CCCCS(=O)(=O)O)C(=O)O. The van der Waals surface area contributed by atoms with Crippen molar-refractivity contribution in [1.29, 1.82) is 0 Å². The molecule has 0 saturated heterocycles. The summed E-state index contributed by atoms with van der Waals surface area (Å²) < 4.78 is 28.9. The second-order valence-corrected chi connectivity index (χ2v) is 4.45. The second kappa shape index (κ2) is 5.94. The maximum atomic E-state index is 10.3. The quantitative estimate of drug-likeness (QED) is 0.402. The number of unbranched alkanes of at least 4 members (excludes halogenated alkanes) is 2. The molecule has 1 radical (unpaired) electrons. The summed E-state index contributed by atoms with van der Waals surface area (Å²) in [6.45, 7) is 0. The van der Waals surface area contributed by atoms with E-state index in [9.17, 15) is 13.2 Å². The van der Waals surface area contributed by atoms with Gasteiger partial charge in [0.1, 0.15) is 6.04 Å². The topological polar surface area (TPSA) is 118 Å². The zero-order valence-electron chi connectivity index (χ0n) is 7.59. The van der Waals surface area contributed by atoms with Gasteiger partial charge in [-0.3, -0.25) is 9.35 Å². The fraction of sp³-hybridized carbons (Fsp3) is 0.714. The molecule has 0 amide bonds. The molecule has 1 unspecified atom stereocenters. The Labute approximate surface area is 82.9 Å². The van der Waals surface area contributed by atoms with Crippen molar-refractivity contribution in [2.75, 3.05) is 5.75 Å². The summed E-state index contributed by atoms with van der Waals surface area (Å²) in [4.78, 5) is 10.2. The van der Waals surface area contributed by atoms with E-state index in [1.807, 2.05) is 0 Å². The monoisotopic (exact) mass is 224 g/mol. The van der Waals surface area contributed by atoms with Crippen LogP contribution in [-0.2, 0) is 14.9 Å². The van der Waals surface area contributed by atoms with Crippen LogP contribution in [0.25, 0.3) is 0 Å². The van der Waals surface area contributed by atoms with Gasteiger partial charge in [-0.05, 0) is 19.3 Å². The Kier molecular flexibility index (Phi) is 5.66. The number of aliphatic carboxylic acids is 1. The lowest BCUT2D eigenvalue weighted by Crippen LogP contribution is -2.30. The molecule has 0 aliphatic carbocycles. The predicted octanol–water partition coefficient (Wildman–Crippen LogP) is -0.339. The molecule has 0 rings (SSSR count). The lowest BCUT2D eigenvalue weighted by molar-refractivity contribution is -0.137. The number of hydrogen-bond donors (Lipinski definition) is 3. The van der Waals surface area contributed by atoms with Gasteiger partial charge in [0, 0.05) is 0 Å². The van der Waals surface area contributed by atoms with Gasteiger partial charge in [-0.25, -0.2) is 0 Å². The smallest absolute Gasteiger partial charge is 0.320 e. The minimum atomic E-state index is -3.90. The first-order valence-corrected chi connectivity index (χ1v) is 5.71. The van der Waals surface area contributed by atoms with Crippen LogP contribution in [-0.4, -0.2) is 35.8 Å². The van der Waals surface area contributed by atoms with E-state index >= 15 is 0 Å². The minimum absolute atomic E-state index is 0.293. The van der Waals surface area contributed by atoms with Crippen LogP contribution in [0.1, 0.15) is 19.3 Å². The van der Waals surface area contributed by atoms with Crippen molar-refractivity contribution in [1.82, 2.24) is 0 Å². The van der Waals surface area contributed by atoms with Crippen molar-refractivity contribution >= 4 is 16.1 Å². The van der Waals surface area contributed by atoms with E-state index in [-0.39, 0.29) is 5.75 Å². The van der Waals surface area contributed by atoms with Crippen LogP contribution < -0.4 is 5.73 Å². The molecule has 0 aromatic rings. The van der Waals surface area contributed by atoms with Gasteiger partial charge in [-0.1, -0.05) is 6.42 Å². The van der Waals surface area contributed by atoms with Crippen LogP contribution >= 0.6 is 0 Å². The summed E-state index contributed by atoms with van der Waals surface area (Å²) in [5, 5.41) is 8.38. The molecule has 0 aliphatic rings. The Morgan fingerprint density at radius 3 is 2.43 bits per heavy atom. The lowest BCUT2D eigenvalue weighted by Gasteiger charge is -2.04. The van der Waals surface area contributed by atoms with Gasteiger partial charge in [0.15, 0.2) is 0 Å². The molecule has 6 nitrogen and oxygen atoms in total. The number of rotatable bonds is 7. The summed E-state index contributed by atoms with van der Waals surface area (Å²) in [6, 6.07) is -1.01. The summed E-state index contributed by atoms with van der Waals surface area (Å²) in [6.07, 6.45) is 2.59. The molecule has 4 N–H and O–H groups in total. The van der Waals surface area contributed by atoms with Gasteiger partial charge in [-0.2, -0.15) is 8.42 Å². The molecule has 0 spiro atoms. The third-order valence-electron chi connectivity index (χ3n) is 1.56. The molecule has 7 heteroatoms. The third kappa shape index (κ3) is 7.96. The van der Waals surface area contributed by atoms with Crippen LogP contribution in [0.3, 0.4) is 0 Å². The van der Waals surface area contributed by atoms with Crippen LogP contribution in [0, 0.1) is 6.42 Å². The van der Waals surface area contributed by atoms with Crippen molar-refractivity contribution < 1.29 is 22.9 Å². The maximum Gasteiger partial charge on any atom is 0.320 e. The fourth-order valence-corrected chi connectivity index (χ4v) is 1.40. The molecule has 14 heavy (non-hydrogen) atoms. The minimum Gasteiger partial charge on any atom is -0.480 e. The summed E-state index contributed by atoms with van der Waals surface area (Å²) in [5.41, 5.74) is 5.16. The normalized spacial score (nSPS) is 13.9. The molecule has 0 fully saturated rings. The molecule has 0 aromatic heterocycles. The van der Waals surface area contributed by atoms with Gasteiger partial charge in [-0.15, -0.1) is 0 Å². The zero-order chi connectivity index (χ0) is 11.2. The number of hydrogen-bond acceptors (Lipinski definition) is 4. The lowest BCUT2D eigenvalue weighted by atomic mass is 10.1. The van der Waals surface area contributed by atoms with Crippen molar-refractivity contribution in [3.63, 3.8) is 0 Å². The molecule has 0 bridgehead atoms. The van der Waals surface area contributed by atoms with Crippen LogP contribution in [0.4, 0.5) is 0 Å². The largest absolute Gasteiger partial charge is 0.480 e. The highest BCUT2D eigenvalue weighted by Crippen LogP contribution is 2.02. The van der Waals surface area contributed by atoms with E-state index in [2.05, 4.69) is 0 Å². The Morgan fingerprint density at radius 1 is 1.43 bits per heavy atom. The first-order chi connectivity index (χ1) is 6.33. The van der Waals surface area contributed by atoms with Crippen LogP contribution in [0.5, 0.6) is 0 Å². The summed E-state index contributed by atoms with van der Waals surface area (Å²) >= 11 is 0. The molecule has 0 aromatic carbocycles. The van der Waals surface area contributed by atoms with Gasteiger partial charge in [0.2, 0.25) is 0 Å². The average molecular weight is 224 g/mol. The maximum absolute atomic E-state index is 10.3. The Bertz CT molecular complexity index is 274. The van der Waals surface area contributed by atoms with Crippen LogP contribution in [0.2, 0.25) is 0 Å². The summed E-state index contributed by atoms with van der Waals surface area (Å²) in [5.74, 6) is -1.41. The van der Waals surface area contributed by atoms with Crippen molar-refractivity contribution in [3.8, 4) is 0 Å². The highest BCUT2D eigenvalue weighted by Gasteiger charge is 2.11. The number of carbonyl (C=O) groups is 1. The molecule has 1 atom stereocenters. The van der Waals surface area contributed by atoms with E-state index in [4.69, 9.17) is 15.4 Å². The van der Waals surface area contributed by atoms with Crippen molar-refractivity contribution in [2.45, 2.75) is 25.3 Å². The predicted molar refractivity (Wildman–Crippen MR) is 50.2 cm³/mol. The highest BCUT2D eigenvalue weighted by atomic mass is 32.2. The van der Waals surface area contributed by atoms with Gasteiger partial charge >= 0.3 is 5.97 Å². The van der Waals surface area contributed by atoms with E-state index in [1.54, 1.807) is 0 Å². The first-order valence-electron chi connectivity index (χ1n) is 4.10. The molecule has 83 valence electrons. The number of nitrogens with two attached hydrogens (primary N) is 1. The fourth-order valence-electron chi connectivity index (χ4n) is 0.827. The van der Waals surface area contributed by atoms with Crippen molar-refractivity contribution in [3.05, 3.63) is 6.42 Å². The Balaban J connectivity index is 3.44. The highest BCUT2D eigenvalue weighted by molar-refractivity contribution is 7.85.